The van der Waals surface area contributed by atoms with E-state index in [4.69, 9.17) is 0 Å². The van der Waals surface area contributed by atoms with Gasteiger partial charge in [-0.25, -0.2) is 0 Å². The van der Waals surface area contributed by atoms with Gasteiger partial charge in [-0.15, -0.1) is 0 Å². The zero-order valence-corrected chi connectivity index (χ0v) is 18.8. The Balaban J connectivity index is -0.000000795. The Morgan fingerprint density at radius 2 is 1.35 bits per heavy atom. The summed E-state index contributed by atoms with van der Waals surface area (Å²) in [5, 5.41) is 0. The van der Waals surface area contributed by atoms with E-state index in [2.05, 4.69) is 63.1 Å². The lowest BCUT2D eigenvalue weighted by molar-refractivity contribution is 1.45. The Hall–Kier alpha value is -1.99. The standard InChI is InChI=1S/C19H21S.3C2H6/c1-5-9-14-18(8-4)20(17(7-3)13-6-2)19-15-11-10-12-16-19;3*1-2/h5-16H,1-3H2,4H3;3*1-2H3/q+1;;;/b14-9-,17-13+,18-8+;;;. The number of allylic oxidation sites excluding steroid dienone is 7. The minimum Gasteiger partial charge on any atom is -0.0991 e. The average Bonchev–Trinajstić information content (AvgIpc) is 2.75. The first kappa shape index (κ1) is 28.8. The van der Waals surface area contributed by atoms with Crippen LogP contribution in [0.5, 0.6) is 0 Å². The minimum absolute atomic E-state index is 0.167. The van der Waals surface area contributed by atoms with E-state index >= 15 is 0 Å². The van der Waals surface area contributed by atoms with E-state index in [-0.39, 0.29) is 10.9 Å². The van der Waals surface area contributed by atoms with Crippen LogP contribution in [0.2, 0.25) is 0 Å². The molecule has 144 valence electrons. The summed E-state index contributed by atoms with van der Waals surface area (Å²) in [6.45, 7) is 25.5. The number of hydrogen-bond acceptors (Lipinski definition) is 0. The molecule has 0 amide bonds. The summed E-state index contributed by atoms with van der Waals surface area (Å²) >= 11 is 0. The van der Waals surface area contributed by atoms with Gasteiger partial charge < -0.3 is 0 Å². The Morgan fingerprint density at radius 3 is 1.73 bits per heavy atom. The third-order valence-electron chi connectivity index (χ3n) is 2.61. The van der Waals surface area contributed by atoms with E-state index in [1.54, 1.807) is 6.08 Å². The fourth-order valence-electron chi connectivity index (χ4n) is 1.75. The maximum absolute atomic E-state index is 3.94. The first-order valence-corrected chi connectivity index (χ1v) is 10.7. The lowest BCUT2D eigenvalue weighted by Crippen LogP contribution is -2.06. The molecule has 0 aromatic heterocycles. The zero-order chi connectivity index (χ0) is 20.8. The molecule has 1 aromatic carbocycles. The lowest BCUT2D eigenvalue weighted by Gasteiger charge is -2.08. The molecule has 1 rings (SSSR count). The van der Waals surface area contributed by atoms with Crippen molar-refractivity contribution < 1.29 is 0 Å². The summed E-state index contributed by atoms with van der Waals surface area (Å²) in [6.07, 6.45) is 13.7. The van der Waals surface area contributed by atoms with Gasteiger partial charge >= 0.3 is 0 Å². The van der Waals surface area contributed by atoms with Crippen molar-refractivity contribution in [3.63, 3.8) is 0 Å². The van der Waals surface area contributed by atoms with E-state index in [0.717, 1.165) is 4.91 Å². The summed E-state index contributed by atoms with van der Waals surface area (Å²) in [5.41, 5.74) is 0. The molecule has 1 unspecified atom stereocenters. The highest BCUT2D eigenvalue weighted by molar-refractivity contribution is 8.04. The molecule has 0 radical (unpaired) electrons. The van der Waals surface area contributed by atoms with E-state index in [9.17, 15) is 0 Å². The van der Waals surface area contributed by atoms with Crippen molar-refractivity contribution in [1.82, 2.24) is 0 Å². The van der Waals surface area contributed by atoms with Crippen LogP contribution in [-0.4, -0.2) is 0 Å². The highest BCUT2D eigenvalue weighted by atomic mass is 32.2. The molecule has 0 N–H and O–H groups in total. The Morgan fingerprint density at radius 1 is 0.808 bits per heavy atom. The quantitative estimate of drug-likeness (QED) is 0.332. The largest absolute Gasteiger partial charge is 0.166 e. The molecule has 0 aliphatic heterocycles. The third-order valence-corrected chi connectivity index (χ3v) is 4.98. The second kappa shape index (κ2) is 23.0. The topological polar surface area (TPSA) is 0 Å². The Bertz CT molecular complexity index is 545. The zero-order valence-electron chi connectivity index (χ0n) is 18.0. The molecule has 1 heteroatoms. The van der Waals surface area contributed by atoms with Crippen molar-refractivity contribution in [1.29, 1.82) is 0 Å². The highest BCUT2D eigenvalue weighted by Crippen LogP contribution is 2.30. The van der Waals surface area contributed by atoms with Crippen LogP contribution >= 0.6 is 0 Å². The smallest absolute Gasteiger partial charge is 0.0991 e. The van der Waals surface area contributed by atoms with Gasteiger partial charge in [0.15, 0.2) is 14.7 Å². The van der Waals surface area contributed by atoms with Gasteiger partial charge in [-0.3, -0.25) is 0 Å². The van der Waals surface area contributed by atoms with Gasteiger partial charge in [-0.2, -0.15) is 0 Å². The van der Waals surface area contributed by atoms with Crippen LogP contribution < -0.4 is 0 Å². The Kier molecular flexibility index (Phi) is 25.5. The summed E-state index contributed by atoms with van der Waals surface area (Å²) in [7, 11) is -0.167. The summed E-state index contributed by atoms with van der Waals surface area (Å²) < 4.78 is 0. The molecule has 0 heterocycles. The predicted molar refractivity (Wildman–Crippen MR) is 128 cm³/mol. The molecule has 0 aliphatic rings. The van der Waals surface area contributed by atoms with Crippen molar-refractivity contribution in [2.75, 3.05) is 0 Å². The van der Waals surface area contributed by atoms with Crippen LogP contribution in [0.4, 0.5) is 0 Å². The molecular formula is C25H39S+. The van der Waals surface area contributed by atoms with Crippen molar-refractivity contribution in [3.05, 3.63) is 102 Å². The van der Waals surface area contributed by atoms with E-state index in [0.29, 0.717) is 0 Å². The first-order chi connectivity index (χ1) is 12.8. The molecule has 0 aliphatic carbocycles. The van der Waals surface area contributed by atoms with Crippen LogP contribution in [0.3, 0.4) is 0 Å². The molecule has 0 spiro atoms. The molecule has 0 saturated carbocycles. The lowest BCUT2D eigenvalue weighted by atomic mass is 10.4. The monoisotopic (exact) mass is 371 g/mol. The van der Waals surface area contributed by atoms with Crippen molar-refractivity contribution in [2.45, 2.75) is 53.4 Å². The summed E-state index contributed by atoms with van der Waals surface area (Å²) in [4.78, 5) is 3.67. The molecule has 1 aromatic rings. The van der Waals surface area contributed by atoms with Gasteiger partial charge in [0, 0.05) is 0 Å². The maximum atomic E-state index is 3.94. The third kappa shape index (κ3) is 11.5. The maximum Gasteiger partial charge on any atom is 0.166 e. The second-order valence-corrected chi connectivity index (χ2v) is 5.94. The van der Waals surface area contributed by atoms with Gasteiger partial charge in [0.2, 0.25) is 0 Å². The van der Waals surface area contributed by atoms with Crippen LogP contribution in [0, 0.1) is 0 Å². The number of rotatable bonds is 7. The van der Waals surface area contributed by atoms with Gasteiger partial charge in [0.05, 0.1) is 10.9 Å². The fraction of sp³-hybridized carbons (Fsp3) is 0.280. The molecule has 26 heavy (non-hydrogen) atoms. The average molecular weight is 372 g/mol. The van der Waals surface area contributed by atoms with Gasteiger partial charge in [-0.05, 0) is 43.4 Å². The molecule has 0 bridgehead atoms. The van der Waals surface area contributed by atoms with Crippen molar-refractivity contribution in [2.24, 2.45) is 0 Å². The van der Waals surface area contributed by atoms with Crippen LogP contribution in [0.25, 0.3) is 0 Å². The van der Waals surface area contributed by atoms with Crippen LogP contribution in [0.1, 0.15) is 48.5 Å². The summed E-state index contributed by atoms with van der Waals surface area (Å²) in [6, 6.07) is 10.5. The fourth-order valence-corrected chi connectivity index (χ4v) is 3.84. The van der Waals surface area contributed by atoms with Crippen molar-refractivity contribution >= 4 is 10.9 Å². The van der Waals surface area contributed by atoms with Crippen molar-refractivity contribution in [3.8, 4) is 0 Å². The van der Waals surface area contributed by atoms with Gasteiger partial charge in [0.25, 0.3) is 0 Å². The van der Waals surface area contributed by atoms with Gasteiger partial charge in [-0.1, -0.05) is 97.7 Å². The Labute approximate surface area is 166 Å². The van der Waals surface area contributed by atoms with E-state index < -0.39 is 0 Å². The molecule has 0 nitrogen and oxygen atoms in total. The van der Waals surface area contributed by atoms with Crippen LogP contribution in [-0.2, 0) is 10.9 Å². The summed E-state index contributed by atoms with van der Waals surface area (Å²) in [5.74, 6) is 0. The minimum atomic E-state index is -0.167. The second-order valence-electron chi connectivity index (χ2n) is 3.91. The molecule has 0 fully saturated rings. The number of benzene rings is 1. The SMILES string of the molecule is C=C/C=C\C(=C/C)[S+](/C(C=C)=C/C=C)c1ccccc1.CC.CC.CC. The molecule has 1 atom stereocenters. The van der Waals surface area contributed by atoms with E-state index in [1.165, 1.54) is 9.80 Å². The highest BCUT2D eigenvalue weighted by Gasteiger charge is 2.29. The van der Waals surface area contributed by atoms with Crippen LogP contribution in [0.15, 0.2) is 107 Å². The first-order valence-electron chi connectivity index (χ1n) is 9.48. The van der Waals surface area contributed by atoms with E-state index in [1.807, 2.05) is 71.9 Å². The predicted octanol–water partition coefficient (Wildman–Crippen LogP) is 8.64. The normalized spacial score (nSPS) is 11.5. The molecular weight excluding hydrogens is 332 g/mol. The molecule has 0 saturated heterocycles. The number of hydrogen-bond donors (Lipinski definition) is 0. The van der Waals surface area contributed by atoms with Gasteiger partial charge in [0.1, 0.15) is 0 Å².